The molecule has 0 aromatic heterocycles. The van der Waals surface area contributed by atoms with Crippen LogP contribution in [0.3, 0.4) is 0 Å². The molecule has 2 heteroatoms. The minimum atomic E-state index is -0.435. The molecule has 0 fully saturated rings. The second-order valence-electron chi connectivity index (χ2n) is 5.45. The van der Waals surface area contributed by atoms with Gasteiger partial charge < -0.3 is 9.84 Å². The number of aliphatic hydroxyl groups excluding tert-OH is 1. The van der Waals surface area contributed by atoms with Crippen molar-refractivity contribution in [1.82, 2.24) is 0 Å². The maximum atomic E-state index is 9.47. The first-order chi connectivity index (χ1) is 10.2. The average Bonchev–Trinajstić information content (AvgIpc) is 2.52. The highest BCUT2D eigenvalue weighted by Crippen LogP contribution is 2.18. The van der Waals surface area contributed by atoms with Crippen LogP contribution >= 0.6 is 0 Å². The number of ether oxygens (including phenoxy) is 1. The summed E-state index contributed by atoms with van der Waals surface area (Å²) in [6, 6.07) is 16.2. The van der Waals surface area contributed by atoms with Crippen molar-refractivity contribution < 1.29 is 9.84 Å². The second-order valence-corrected chi connectivity index (χ2v) is 5.45. The van der Waals surface area contributed by atoms with Gasteiger partial charge in [-0.1, -0.05) is 49.7 Å². The number of hydrogen-bond donors (Lipinski definition) is 1. The summed E-state index contributed by atoms with van der Waals surface area (Å²) < 4.78 is 5.77. The number of unbranched alkanes of at least 4 members (excludes halogenated alkanes) is 1. The average molecular weight is 284 g/mol. The molecule has 0 aliphatic rings. The van der Waals surface area contributed by atoms with Crippen molar-refractivity contribution in [2.45, 2.75) is 45.8 Å². The molecule has 2 aromatic carbocycles. The summed E-state index contributed by atoms with van der Waals surface area (Å²) in [5, 5.41) is 9.47. The maximum Gasteiger partial charge on any atom is 0.119 e. The van der Waals surface area contributed by atoms with Crippen molar-refractivity contribution in [3.05, 3.63) is 65.2 Å². The number of aryl methyl sites for hydroxylation is 1. The third-order valence-corrected chi connectivity index (χ3v) is 3.61. The van der Waals surface area contributed by atoms with E-state index in [1.165, 1.54) is 24.0 Å². The van der Waals surface area contributed by atoms with Gasteiger partial charge >= 0.3 is 0 Å². The lowest BCUT2D eigenvalue weighted by atomic mass is 10.1. The van der Waals surface area contributed by atoms with Crippen LogP contribution in [0.25, 0.3) is 0 Å². The van der Waals surface area contributed by atoms with Gasteiger partial charge in [0.2, 0.25) is 0 Å². The fraction of sp³-hybridized carbons (Fsp3) is 0.368. The van der Waals surface area contributed by atoms with E-state index in [0.29, 0.717) is 6.61 Å². The van der Waals surface area contributed by atoms with E-state index in [1.54, 1.807) is 6.92 Å². The summed E-state index contributed by atoms with van der Waals surface area (Å²) in [6.45, 7) is 4.54. The molecule has 2 rings (SSSR count). The van der Waals surface area contributed by atoms with Gasteiger partial charge in [-0.15, -0.1) is 0 Å². The molecule has 0 saturated carbocycles. The molecule has 21 heavy (non-hydrogen) atoms. The number of rotatable bonds is 7. The van der Waals surface area contributed by atoms with E-state index < -0.39 is 6.10 Å². The first kappa shape index (κ1) is 15.6. The van der Waals surface area contributed by atoms with Gasteiger partial charge in [-0.25, -0.2) is 0 Å². The highest BCUT2D eigenvalue weighted by Gasteiger charge is 2.01. The zero-order valence-electron chi connectivity index (χ0n) is 12.9. The first-order valence-corrected chi connectivity index (χ1v) is 7.67. The lowest BCUT2D eigenvalue weighted by Crippen LogP contribution is -1.97. The van der Waals surface area contributed by atoms with E-state index in [4.69, 9.17) is 4.74 Å². The predicted octanol–water partition coefficient (Wildman–Crippen LogP) is 4.66. The van der Waals surface area contributed by atoms with Gasteiger partial charge in [0.1, 0.15) is 12.4 Å². The molecule has 0 amide bonds. The van der Waals surface area contributed by atoms with Crippen LogP contribution in [0.1, 0.15) is 49.5 Å². The molecular formula is C19H24O2. The Morgan fingerprint density at radius 1 is 0.952 bits per heavy atom. The zero-order valence-corrected chi connectivity index (χ0v) is 12.9. The van der Waals surface area contributed by atoms with Crippen LogP contribution in [0.2, 0.25) is 0 Å². The lowest BCUT2D eigenvalue weighted by Gasteiger charge is -2.09. The molecule has 0 radical (unpaired) electrons. The highest BCUT2D eigenvalue weighted by atomic mass is 16.5. The number of benzene rings is 2. The summed E-state index contributed by atoms with van der Waals surface area (Å²) in [7, 11) is 0. The Kier molecular flexibility index (Phi) is 5.82. The predicted molar refractivity (Wildman–Crippen MR) is 86.5 cm³/mol. The Bertz CT molecular complexity index is 526. The molecule has 2 aromatic rings. The molecule has 0 aliphatic heterocycles. The number of hydrogen-bond acceptors (Lipinski definition) is 2. The van der Waals surface area contributed by atoms with Crippen molar-refractivity contribution in [3.8, 4) is 5.75 Å². The Morgan fingerprint density at radius 2 is 1.57 bits per heavy atom. The standard InChI is InChI=1S/C19H24O2/c1-3-4-5-16-6-8-17(9-7-16)14-21-19-12-10-18(11-13-19)15(2)20/h6-13,15,20H,3-5,14H2,1-2H3. The normalized spacial score (nSPS) is 12.1. The van der Waals surface area contributed by atoms with Crippen molar-refractivity contribution >= 4 is 0 Å². The van der Waals surface area contributed by atoms with Crippen LogP contribution in [-0.2, 0) is 13.0 Å². The van der Waals surface area contributed by atoms with E-state index in [-0.39, 0.29) is 0 Å². The van der Waals surface area contributed by atoms with Crippen molar-refractivity contribution in [1.29, 1.82) is 0 Å². The van der Waals surface area contributed by atoms with Crippen LogP contribution in [-0.4, -0.2) is 5.11 Å². The Balaban J connectivity index is 1.87. The largest absolute Gasteiger partial charge is 0.489 e. The topological polar surface area (TPSA) is 29.5 Å². The molecule has 0 aliphatic carbocycles. The van der Waals surface area contributed by atoms with Crippen LogP contribution in [0.4, 0.5) is 0 Å². The molecule has 1 N–H and O–H groups in total. The van der Waals surface area contributed by atoms with E-state index in [0.717, 1.165) is 17.7 Å². The van der Waals surface area contributed by atoms with Gasteiger partial charge in [-0.2, -0.15) is 0 Å². The third kappa shape index (κ3) is 4.91. The molecule has 0 saturated heterocycles. The van der Waals surface area contributed by atoms with Gasteiger partial charge in [0, 0.05) is 0 Å². The van der Waals surface area contributed by atoms with Crippen molar-refractivity contribution in [2.24, 2.45) is 0 Å². The molecule has 1 unspecified atom stereocenters. The maximum absolute atomic E-state index is 9.47. The third-order valence-electron chi connectivity index (χ3n) is 3.61. The summed E-state index contributed by atoms with van der Waals surface area (Å²) in [6.07, 6.45) is 3.19. The van der Waals surface area contributed by atoms with Crippen molar-refractivity contribution in [3.63, 3.8) is 0 Å². The molecule has 0 spiro atoms. The quantitative estimate of drug-likeness (QED) is 0.801. The van der Waals surface area contributed by atoms with Gasteiger partial charge in [0.25, 0.3) is 0 Å². The summed E-state index contributed by atoms with van der Waals surface area (Å²) in [5.74, 6) is 0.828. The minimum Gasteiger partial charge on any atom is -0.489 e. The summed E-state index contributed by atoms with van der Waals surface area (Å²) in [4.78, 5) is 0. The molecular weight excluding hydrogens is 260 g/mol. The Hall–Kier alpha value is -1.80. The zero-order chi connectivity index (χ0) is 15.1. The molecule has 2 nitrogen and oxygen atoms in total. The van der Waals surface area contributed by atoms with E-state index in [9.17, 15) is 5.11 Å². The van der Waals surface area contributed by atoms with Gasteiger partial charge in [-0.05, 0) is 48.6 Å². The first-order valence-electron chi connectivity index (χ1n) is 7.67. The monoisotopic (exact) mass is 284 g/mol. The second kappa shape index (κ2) is 7.84. The Morgan fingerprint density at radius 3 is 2.14 bits per heavy atom. The fourth-order valence-electron chi connectivity index (χ4n) is 2.19. The van der Waals surface area contributed by atoms with Crippen LogP contribution in [0.15, 0.2) is 48.5 Å². The SMILES string of the molecule is CCCCc1ccc(COc2ccc(C(C)O)cc2)cc1. The molecule has 112 valence electrons. The summed E-state index contributed by atoms with van der Waals surface area (Å²) in [5.41, 5.74) is 3.47. The van der Waals surface area contributed by atoms with Crippen LogP contribution in [0.5, 0.6) is 5.75 Å². The van der Waals surface area contributed by atoms with Gasteiger partial charge in [0.05, 0.1) is 6.10 Å². The van der Waals surface area contributed by atoms with Crippen LogP contribution in [0, 0.1) is 0 Å². The summed E-state index contributed by atoms with van der Waals surface area (Å²) >= 11 is 0. The van der Waals surface area contributed by atoms with Gasteiger partial charge in [-0.3, -0.25) is 0 Å². The van der Waals surface area contributed by atoms with Crippen LogP contribution < -0.4 is 4.74 Å². The van der Waals surface area contributed by atoms with E-state index >= 15 is 0 Å². The van der Waals surface area contributed by atoms with Crippen molar-refractivity contribution in [2.75, 3.05) is 0 Å². The lowest BCUT2D eigenvalue weighted by molar-refractivity contribution is 0.199. The minimum absolute atomic E-state index is 0.435. The highest BCUT2D eigenvalue weighted by molar-refractivity contribution is 5.29. The molecule has 0 heterocycles. The number of aliphatic hydroxyl groups is 1. The van der Waals surface area contributed by atoms with E-state index in [2.05, 4.69) is 31.2 Å². The Labute approximate surface area is 127 Å². The van der Waals surface area contributed by atoms with E-state index in [1.807, 2.05) is 24.3 Å². The smallest absolute Gasteiger partial charge is 0.119 e. The molecule has 0 bridgehead atoms. The fourth-order valence-corrected chi connectivity index (χ4v) is 2.19. The molecule has 1 atom stereocenters. The van der Waals surface area contributed by atoms with Gasteiger partial charge in [0.15, 0.2) is 0 Å².